The molecule has 0 saturated carbocycles. The molecule has 0 saturated heterocycles. The Kier molecular flexibility index (Phi) is 4.93. The molecule has 0 aliphatic heterocycles. The van der Waals surface area contributed by atoms with Crippen LogP contribution in [0.5, 0.6) is 5.75 Å². The fraction of sp³-hybridized carbons (Fsp3) is 0.400. The van der Waals surface area contributed by atoms with Crippen LogP contribution in [-0.2, 0) is 13.0 Å². The van der Waals surface area contributed by atoms with Gasteiger partial charge in [0.25, 0.3) is 0 Å². The monoisotopic (exact) mass is 276 g/mol. The SMILES string of the molecule is CC(C)c1nc(COc2ccc(CCN)cc2)cs1. The number of ether oxygens (including phenoxy) is 1. The molecule has 1 aromatic carbocycles. The Morgan fingerprint density at radius 3 is 2.58 bits per heavy atom. The van der Waals surface area contributed by atoms with Crippen molar-refractivity contribution >= 4 is 11.3 Å². The lowest BCUT2D eigenvalue weighted by Crippen LogP contribution is -2.02. The topological polar surface area (TPSA) is 48.1 Å². The number of benzene rings is 1. The van der Waals surface area contributed by atoms with Crippen molar-refractivity contribution in [3.05, 3.63) is 45.9 Å². The van der Waals surface area contributed by atoms with Gasteiger partial charge in [0.1, 0.15) is 12.4 Å². The van der Waals surface area contributed by atoms with Crippen molar-refractivity contribution in [2.75, 3.05) is 6.54 Å². The molecule has 0 spiro atoms. The van der Waals surface area contributed by atoms with Crippen LogP contribution in [-0.4, -0.2) is 11.5 Å². The van der Waals surface area contributed by atoms with Gasteiger partial charge in [-0.05, 0) is 30.7 Å². The minimum Gasteiger partial charge on any atom is -0.487 e. The highest BCUT2D eigenvalue weighted by Gasteiger charge is 2.06. The molecule has 0 fully saturated rings. The summed E-state index contributed by atoms with van der Waals surface area (Å²) in [4.78, 5) is 4.55. The Hall–Kier alpha value is -1.39. The standard InChI is InChI=1S/C15H20N2OS/c1-11(2)15-17-13(10-19-15)9-18-14-5-3-12(4-6-14)7-8-16/h3-6,10-11H,7-9,16H2,1-2H3. The van der Waals surface area contributed by atoms with E-state index in [1.165, 1.54) is 5.56 Å². The predicted octanol–water partition coefficient (Wildman–Crippen LogP) is 3.35. The molecule has 102 valence electrons. The van der Waals surface area contributed by atoms with Crippen molar-refractivity contribution in [3.8, 4) is 5.75 Å². The Morgan fingerprint density at radius 1 is 1.26 bits per heavy atom. The van der Waals surface area contributed by atoms with Crippen LogP contribution in [0, 0.1) is 0 Å². The van der Waals surface area contributed by atoms with Gasteiger partial charge >= 0.3 is 0 Å². The second kappa shape index (κ2) is 6.68. The summed E-state index contributed by atoms with van der Waals surface area (Å²) in [6.45, 7) is 5.51. The second-order valence-corrected chi connectivity index (χ2v) is 5.69. The summed E-state index contributed by atoms with van der Waals surface area (Å²) in [7, 11) is 0. The molecule has 0 amide bonds. The maximum atomic E-state index is 5.73. The average molecular weight is 276 g/mol. The summed E-state index contributed by atoms with van der Waals surface area (Å²) >= 11 is 1.70. The molecule has 0 unspecified atom stereocenters. The molecule has 1 heterocycles. The Bertz CT molecular complexity index is 505. The van der Waals surface area contributed by atoms with E-state index in [0.717, 1.165) is 22.9 Å². The van der Waals surface area contributed by atoms with E-state index in [0.29, 0.717) is 19.1 Å². The fourth-order valence-electron chi connectivity index (χ4n) is 1.73. The molecule has 0 bridgehead atoms. The van der Waals surface area contributed by atoms with Crippen LogP contribution in [0.4, 0.5) is 0 Å². The first-order valence-electron chi connectivity index (χ1n) is 6.55. The molecule has 2 aromatic rings. The van der Waals surface area contributed by atoms with Crippen LogP contribution in [0.15, 0.2) is 29.6 Å². The van der Waals surface area contributed by atoms with Gasteiger partial charge in [-0.1, -0.05) is 26.0 Å². The molecule has 1 aromatic heterocycles. The number of thiazole rings is 1. The second-order valence-electron chi connectivity index (χ2n) is 4.80. The zero-order valence-electron chi connectivity index (χ0n) is 11.4. The molecule has 0 radical (unpaired) electrons. The van der Waals surface area contributed by atoms with Gasteiger partial charge in [-0.15, -0.1) is 11.3 Å². The molecule has 4 heteroatoms. The van der Waals surface area contributed by atoms with Gasteiger partial charge in [-0.3, -0.25) is 0 Å². The highest BCUT2D eigenvalue weighted by molar-refractivity contribution is 7.09. The number of nitrogens with zero attached hydrogens (tertiary/aromatic N) is 1. The third kappa shape index (κ3) is 4.04. The largest absolute Gasteiger partial charge is 0.487 e. The van der Waals surface area contributed by atoms with Crippen LogP contribution in [0.1, 0.15) is 36.0 Å². The van der Waals surface area contributed by atoms with E-state index < -0.39 is 0 Å². The van der Waals surface area contributed by atoms with Gasteiger partial charge in [0.15, 0.2) is 0 Å². The number of aromatic nitrogens is 1. The summed E-state index contributed by atoms with van der Waals surface area (Å²) in [5.74, 6) is 1.36. The minimum absolute atomic E-state index is 0.481. The smallest absolute Gasteiger partial charge is 0.131 e. The molecule has 0 aliphatic carbocycles. The van der Waals surface area contributed by atoms with E-state index in [1.54, 1.807) is 11.3 Å². The van der Waals surface area contributed by atoms with Crippen LogP contribution in [0.3, 0.4) is 0 Å². The lowest BCUT2D eigenvalue weighted by molar-refractivity contribution is 0.301. The molecule has 2 rings (SSSR count). The van der Waals surface area contributed by atoms with Crippen molar-refractivity contribution in [2.24, 2.45) is 5.73 Å². The van der Waals surface area contributed by atoms with Gasteiger partial charge in [0, 0.05) is 11.3 Å². The molecule has 2 N–H and O–H groups in total. The molecule has 0 aliphatic rings. The lowest BCUT2D eigenvalue weighted by atomic mass is 10.1. The van der Waals surface area contributed by atoms with Gasteiger partial charge in [-0.2, -0.15) is 0 Å². The average Bonchev–Trinajstić information content (AvgIpc) is 2.87. The molecular formula is C15H20N2OS. The summed E-state index contributed by atoms with van der Waals surface area (Å²) in [5, 5.41) is 3.23. The van der Waals surface area contributed by atoms with Gasteiger partial charge in [0.2, 0.25) is 0 Å². The van der Waals surface area contributed by atoms with Gasteiger partial charge < -0.3 is 10.5 Å². The third-order valence-corrected chi connectivity index (χ3v) is 4.00. The molecule has 3 nitrogen and oxygen atoms in total. The van der Waals surface area contributed by atoms with Crippen molar-refractivity contribution in [1.29, 1.82) is 0 Å². The molecule has 0 atom stereocenters. The van der Waals surface area contributed by atoms with Gasteiger partial charge in [-0.25, -0.2) is 4.98 Å². The van der Waals surface area contributed by atoms with Crippen molar-refractivity contribution < 1.29 is 4.74 Å². The Morgan fingerprint density at radius 2 is 2.00 bits per heavy atom. The predicted molar refractivity (Wildman–Crippen MR) is 79.7 cm³/mol. The number of nitrogens with two attached hydrogens (primary N) is 1. The van der Waals surface area contributed by atoms with E-state index in [9.17, 15) is 0 Å². The van der Waals surface area contributed by atoms with Crippen molar-refractivity contribution in [1.82, 2.24) is 4.98 Å². The first-order valence-corrected chi connectivity index (χ1v) is 7.43. The number of hydrogen-bond acceptors (Lipinski definition) is 4. The van der Waals surface area contributed by atoms with Crippen LogP contribution >= 0.6 is 11.3 Å². The first kappa shape index (κ1) is 14.0. The van der Waals surface area contributed by atoms with E-state index >= 15 is 0 Å². The Labute approximate surface area is 118 Å². The van der Waals surface area contributed by atoms with E-state index in [4.69, 9.17) is 10.5 Å². The maximum Gasteiger partial charge on any atom is 0.131 e. The first-order chi connectivity index (χ1) is 9.19. The van der Waals surface area contributed by atoms with Crippen LogP contribution in [0.25, 0.3) is 0 Å². The van der Waals surface area contributed by atoms with E-state index in [1.807, 2.05) is 12.1 Å². The summed E-state index contributed by atoms with van der Waals surface area (Å²) in [5.41, 5.74) is 7.76. The third-order valence-electron chi connectivity index (χ3n) is 2.81. The van der Waals surface area contributed by atoms with E-state index in [-0.39, 0.29) is 0 Å². The van der Waals surface area contributed by atoms with Gasteiger partial charge in [0.05, 0.1) is 10.7 Å². The minimum atomic E-state index is 0.481. The highest BCUT2D eigenvalue weighted by atomic mass is 32.1. The maximum absolute atomic E-state index is 5.73. The summed E-state index contributed by atoms with van der Waals surface area (Å²) in [6.07, 6.45) is 0.907. The van der Waals surface area contributed by atoms with Crippen molar-refractivity contribution in [2.45, 2.75) is 32.8 Å². The molecule has 19 heavy (non-hydrogen) atoms. The lowest BCUT2D eigenvalue weighted by Gasteiger charge is -2.05. The quantitative estimate of drug-likeness (QED) is 0.880. The molecular weight excluding hydrogens is 256 g/mol. The summed E-state index contributed by atoms with van der Waals surface area (Å²) < 4.78 is 5.73. The van der Waals surface area contributed by atoms with Crippen molar-refractivity contribution in [3.63, 3.8) is 0 Å². The number of rotatable bonds is 6. The zero-order chi connectivity index (χ0) is 13.7. The summed E-state index contributed by atoms with van der Waals surface area (Å²) in [6, 6.07) is 8.09. The number of hydrogen-bond donors (Lipinski definition) is 1. The fourth-order valence-corrected chi connectivity index (χ4v) is 2.55. The van der Waals surface area contributed by atoms with Crippen LogP contribution in [0.2, 0.25) is 0 Å². The zero-order valence-corrected chi connectivity index (χ0v) is 12.2. The van der Waals surface area contributed by atoms with Crippen LogP contribution < -0.4 is 10.5 Å². The normalized spacial score (nSPS) is 10.9. The highest BCUT2D eigenvalue weighted by Crippen LogP contribution is 2.20. The van der Waals surface area contributed by atoms with E-state index in [2.05, 4.69) is 36.3 Å². The Balaban J connectivity index is 1.90.